The SMILES string of the molecule is CC(Sc1ccccc1Cl)C(=O)N(C)Cc1ccccc1. The molecule has 21 heavy (non-hydrogen) atoms. The number of rotatable bonds is 5. The second-order valence-electron chi connectivity index (χ2n) is 4.87. The predicted octanol–water partition coefficient (Wildman–Crippen LogP) is 4.48. The third kappa shape index (κ3) is 4.51. The fraction of sp³-hybridized carbons (Fsp3) is 0.235. The van der Waals surface area contributed by atoms with Gasteiger partial charge in [-0.25, -0.2) is 0 Å². The predicted molar refractivity (Wildman–Crippen MR) is 89.7 cm³/mol. The second kappa shape index (κ2) is 7.53. The van der Waals surface area contributed by atoms with Crippen molar-refractivity contribution in [1.82, 2.24) is 4.90 Å². The van der Waals surface area contributed by atoms with Crippen LogP contribution in [0.1, 0.15) is 12.5 Å². The molecule has 0 saturated carbocycles. The highest BCUT2D eigenvalue weighted by Crippen LogP contribution is 2.30. The van der Waals surface area contributed by atoms with Gasteiger partial charge >= 0.3 is 0 Å². The van der Waals surface area contributed by atoms with Gasteiger partial charge in [-0.3, -0.25) is 4.79 Å². The van der Waals surface area contributed by atoms with Crippen LogP contribution in [0.15, 0.2) is 59.5 Å². The molecular weight excluding hydrogens is 302 g/mol. The summed E-state index contributed by atoms with van der Waals surface area (Å²) in [4.78, 5) is 15.1. The number of benzene rings is 2. The van der Waals surface area contributed by atoms with E-state index in [0.717, 1.165) is 10.5 Å². The molecule has 0 spiro atoms. The molecule has 1 amide bonds. The summed E-state index contributed by atoms with van der Waals surface area (Å²) >= 11 is 7.63. The van der Waals surface area contributed by atoms with E-state index >= 15 is 0 Å². The first-order chi connectivity index (χ1) is 10.1. The smallest absolute Gasteiger partial charge is 0.235 e. The first-order valence-electron chi connectivity index (χ1n) is 6.78. The molecule has 0 aromatic heterocycles. The fourth-order valence-electron chi connectivity index (χ4n) is 2.03. The minimum Gasteiger partial charge on any atom is -0.340 e. The average molecular weight is 320 g/mol. The number of nitrogens with zero attached hydrogens (tertiary/aromatic N) is 1. The minimum atomic E-state index is -0.168. The maximum absolute atomic E-state index is 12.4. The van der Waals surface area contributed by atoms with Crippen molar-refractivity contribution in [3.63, 3.8) is 0 Å². The van der Waals surface area contributed by atoms with Crippen LogP contribution < -0.4 is 0 Å². The maximum atomic E-state index is 12.4. The van der Waals surface area contributed by atoms with Crippen molar-refractivity contribution in [2.75, 3.05) is 7.05 Å². The summed E-state index contributed by atoms with van der Waals surface area (Å²) in [5.74, 6) is 0.101. The molecule has 0 heterocycles. The molecule has 0 saturated heterocycles. The molecular formula is C17H18ClNOS. The molecule has 4 heteroatoms. The Morgan fingerprint density at radius 3 is 2.43 bits per heavy atom. The standard InChI is InChI=1S/C17H18ClNOS/c1-13(21-16-11-7-6-10-15(16)18)17(20)19(2)12-14-8-4-3-5-9-14/h3-11,13H,12H2,1-2H3. The third-order valence-electron chi connectivity index (χ3n) is 3.13. The van der Waals surface area contributed by atoms with E-state index in [-0.39, 0.29) is 11.2 Å². The minimum absolute atomic E-state index is 0.101. The molecule has 0 radical (unpaired) electrons. The number of amides is 1. The zero-order chi connectivity index (χ0) is 15.2. The Labute approximate surface area is 135 Å². The van der Waals surface area contributed by atoms with Gasteiger partial charge in [0.1, 0.15) is 0 Å². The molecule has 0 aliphatic rings. The third-order valence-corrected chi connectivity index (χ3v) is 4.73. The molecule has 0 bridgehead atoms. The lowest BCUT2D eigenvalue weighted by Crippen LogP contribution is -2.32. The van der Waals surface area contributed by atoms with E-state index in [1.165, 1.54) is 11.8 Å². The van der Waals surface area contributed by atoms with Crippen molar-refractivity contribution in [1.29, 1.82) is 0 Å². The summed E-state index contributed by atoms with van der Waals surface area (Å²) in [6, 6.07) is 17.6. The van der Waals surface area contributed by atoms with Crippen LogP contribution in [0.4, 0.5) is 0 Å². The van der Waals surface area contributed by atoms with Gasteiger partial charge in [-0.05, 0) is 24.6 Å². The van der Waals surface area contributed by atoms with Crippen LogP contribution in [0.25, 0.3) is 0 Å². The Bertz CT molecular complexity index is 603. The lowest BCUT2D eigenvalue weighted by Gasteiger charge is -2.21. The van der Waals surface area contributed by atoms with E-state index in [1.807, 2.05) is 68.6 Å². The normalized spacial score (nSPS) is 12.0. The summed E-state index contributed by atoms with van der Waals surface area (Å²) in [7, 11) is 1.83. The van der Waals surface area contributed by atoms with E-state index in [9.17, 15) is 4.79 Å². The monoisotopic (exact) mass is 319 g/mol. The highest BCUT2D eigenvalue weighted by atomic mass is 35.5. The van der Waals surface area contributed by atoms with E-state index < -0.39 is 0 Å². The van der Waals surface area contributed by atoms with Crippen molar-refractivity contribution in [2.24, 2.45) is 0 Å². The van der Waals surface area contributed by atoms with Crippen molar-refractivity contribution in [3.8, 4) is 0 Å². The lowest BCUT2D eigenvalue weighted by molar-refractivity contribution is -0.129. The van der Waals surface area contributed by atoms with Gasteiger partial charge in [0.05, 0.1) is 10.3 Å². The first kappa shape index (κ1) is 15.9. The summed E-state index contributed by atoms with van der Waals surface area (Å²) in [5.41, 5.74) is 1.13. The molecule has 2 rings (SSSR count). The Balaban J connectivity index is 1.97. The Morgan fingerprint density at radius 2 is 1.76 bits per heavy atom. The van der Waals surface area contributed by atoms with Crippen LogP contribution in [0.3, 0.4) is 0 Å². The fourth-order valence-corrected chi connectivity index (χ4v) is 3.30. The Morgan fingerprint density at radius 1 is 1.14 bits per heavy atom. The van der Waals surface area contributed by atoms with Gasteiger partial charge in [-0.2, -0.15) is 0 Å². The van der Waals surface area contributed by atoms with Crippen molar-refractivity contribution in [3.05, 3.63) is 65.2 Å². The summed E-state index contributed by atoms with van der Waals surface area (Å²) < 4.78 is 0. The van der Waals surface area contributed by atoms with Crippen LogP contribution in [0, 0.1) is 0 Å². The molecule has 110 valence electrons. The van der Waals surface area contributed by atoms with Gasteiger partial charge < -0.3 is 4.90 Å². The second-order valence-corrected chi connectivity index (χ2v) is 6.66. The van der Waals surface area contributed by atoms with E-state index in [4.69, 9.17) is 11.6 Å². The number of carbonyl (C=O) groups excluding carboxylic acids is 1. The molecule has 0 fully saturated rings. The molecule has 0 aliphatic carbocycles. The molecule has 1 unspecified atom stereocenters. The van der Waals surface area contributed by atoms with Crippen LogP contribution in [-0.4, -0.2) is 23.1 Å². The number of thioether (sulfide) groups is 1. The van der Waals surface area contributed by atoms with E-state index in [0.29, 0.717) is 11.6 Å². The summed E-state index contributed by atoms with van der Waals surface area (Å²) in [6.45, 7) is 2.53. The Kier molecular flexibility index (Phi) is 5.71. The van der Waals surface area contributed by atoms with Gasteiger partial charge in [0.2, 0.25) is 5.91 Å². The van der Waals surface area contributed by atoms with E-state index in [1.54, 1.807) is 4.90 Å². The largest absolute Gasteiger partial charge is 0.340 e. The van der Waals surface area contributed by atoms with Crippen LogP contribution in [0.2, 0.25) is 5.02 Å². The molecule has 0 N–H and O–H groups in total. The molecule has 2 aromatic rings. The summed E-state index contributed by atoms with van der Waals surface area (Å²) in [5, 5.41) is 0.520. The molecule has 1 atom stereocenters. The Hall–Kier alpha value is -1.45. The quantitative estimate of drug-likeness (QED) is 0.757. The van der Waals surface area contributed by atoms with Gasteiger partial charge in [-0.15, -0.1) is 11.8 Å². The number of carbonyl (C=O) groups is 1. The molecule has 2 nitrogen and oxygen atoms in total. The van der Waals surface area contributed by atoms with Crippen molar-refractivity contribution in [2.45, 2.75) is 23.6 Å². The van der Waals surface area contributed by atoms with Gasteiger partial charge in [0.15, 0.2) is 0 Å². The van der Waals surface area contributed by atoms with Crippen LogP contribution in [-0.2, 0) is 11.3 Å². The van der Waals surface area contributed by atoms with Crippen LogP contribution >= 0.6 is 23.4 Å². The first-order valence-corrected chi connectivity index (χ1v) is 8.04. The topological polar surface area (TPSA) is 20.3 Å². The average Bonchev–Trinajstić information content (AvgIpc) is 2.49. The lowest BCUT2D eigenvalue weighted by atomic mass is 10.2. The van der Waals surface area contributed by atoms with Gasteiger partial charge in [-0.1, -0.05) is 54.1 Å². The number of hydrogen-bond donors (Lipinski definition) is 0. The molecule has 2 aromatic carbocycles. The van der Waals surface area contributed by atoms with E-state index in [2.05, 4.69) is 0 Å². The van der Waals surface area contributed by atoms with Crippen LogP contribution in [0.5, 0.6) is 0 Å². The number of hydrogen-bond acceptors (Lipinski definition) is 2. The number of halogens is 1. The van der Waals surface area contributed by atoms with Gasteiger partial charge in [0.25, 0.3) is 0 Å². The maximum Gasteiger partial charge on any atom is 0.235 e. The molecule has 0 aliphatic heterocycles. The highest BCUT2D eigenvalue weighted by Gasteiger charge is 2.19. The van der Waals surface area contributed by atoms with Gasteiger partial charge in [0, 0.05) is 18.5 Å². The van der Waals surface area contributed by atoms with Crippen molar-refractivity contribution < 1.29 is 4.79 Å². The highest BCUT2D eigenvalue weighted by molar-refractivity contribution is 8.00. The zero-order valence-corrected chi connectivity index (χ0v) is 13.7. The zero-order valence-electron chi connectivity index (χ0n) is 12.1. The summed E-state index contributed by atoms with van der Waals surface area (Å²) in [6.07, 6.45) is 0. The van der Waals surface area contributed by atoms with Crippen molar-refractivity contribution >= 4 is 29.3 Å².